The highest BCUT2D eigenvalue weighted by atomic mass is 16.5. The van der Waals surface area contributed by atoms with Crippen LogP contribution in [0.5, 0.6) is 5.75 Å². The molecule has 1 unspecified atom stereocenters. The Hall–Kier alpha value is -1.53. The van der Waals surface area contributed by atoms with Gasteiger partial charge in [-0.25, -0.2) is 0 Å². The number of likely N-dealkylation sites (tertiary alicyclic amines) is 1. The summed E-state index contributed by atoms with van der Waals surface area (Å²) in [5.41, 5.74) is 0.655. The first-order chi connectivity index (χ1) is 8.72. The van der Waals surface area contributed by atoms with Gasteiger partial charge < -0.3 is 9.64 Å². The third kappa shape index (κ3) is 2.34. The molecule has 0 saturated carbocycles. The first kappa shape index (κ1) is 12.9. The van der Waals surface area contributed by atoms with Gasteiger partial charge in [0.15, 0.2) is 0 Å². The van der Waals surface area contributed by atoms with Crippen molar-refractivity contribution in [3.05, 3.63) is 29.8 Å². The highest BCUT2D eigenvalue weighted by Crippen LogP contribution is 2.39. The summed E-state index contributed by atoms with van der Waals surface area (Å²) in [6.07, 6.45) is 2.84. The van der Waals surface area contributed by atoms with Crippen LogP contribution in [0.2, 0.25) is 0 Å². The second-order valence-corrected chi connectivity index (χ2v) is 5.05. The van der Waals surface area contributed by atoms with Crippen molar-refractivity contribution in [2.24, 2.45) is 0 Å². The van der Waals surface area contributed by atoms with Gasteiger partial charge in [0.2, 0.25) is 0 Å². The summed E-state index contributed by atoms with van der Waals surface area (Å²) in [6.45, 7) is 2.03. The number of rotatable bonds is 2. The van der Waals surface area contributed by atoms with Gasteiger partial charge in [-0.3, -0.25) is 0 Å². The van der Waals surface area contributed by atoms with E-state index in [4.69, 9.17) is 4.74 Å². The maximum atomic E-state index is 9.70. The van der Waals surface area contributed by atoms with Crippen molar-refractivity contribution in [1.29, 1.82) is 5.26 Å². The van der Waals surface area contributed by atoms with Crippen molar-refractivity contribution in [3.8, 4) is 11.8 Å². The molecule has 0 bridgehead atoms. The number of methoxy groups -OCH3 is 1. The minimum atomic E-state index is -0.392. The monoisotopic (exact) mass is 244 g/mol. The fourth-order valence-corrected chi connectivity index (χ4v) is 2.75. The first-order valence-electron chi connectivity index (χ1n) is 6.45. The Labute approximate surface area is 109 Å². The van der Waals surface area contributed by atoms with E-state index in [0.717, 1.165) is 43.7 Å². The van der Waals surface area contributed by atoms with Gasteiger partial charge in [-0.2, -0.15) is 5.26 Å². The molecular weight excluding hydrogens is 224 g/mol. The lowest BCUT2D eigenvalue weighted by Crippen LogP contribution is -2.27. The van der Waals surface area contributed by atoms with Crippen LogP contribution >= 0.6 is 0 Å². The average molecular weight is 244 g/mol. The number of nitriles is 1. The van der Waals surface area contributed by atoms with Crippen LogP contribution in [0.1, 0.15) is 24.8 Å². The lowest BCUT2D eigenvalue weighted by Gasteiger charge is -2.27. The Morgan fingerprint density at radius 1 is 1.28 bits per heavy atom. The van der Waals surface area contributed by atoms with Gasteiger partial charge in [0, 0.05) is 5.56 Å². The van der Waals surface area contributed by atoms with Gasteiger partial charge in [-0.05, 0) is 45.5 Å². The van der Waals surface area contributed by atoms with Gasteiger partial charge >= 0.3 is 0 Å². The van der Waals surface area contributed by atoms with E-state index in [1.165, 1.54) is 0 Å². The van der Waals surface area contributed by atoms with Crippen LogP contribution in [0.15, 0.2) is 24.3 Å². The summed E-state index contributed by atoms with van der Waals surface area (Å²) in [5, 5.41) is 9.70. The molecule has 0 aromatic heterocycles. The molecule has 18 heavy (non-hydrogen) atoms. The van der Waals surface area contributed by atoms with Gasteiger partial charge in [0.1, 0.15) is 5.75 Å². The molecule has 96 valence electrons. The van der Waals surface area contributed by atoms with E-state index in [0.29, 0.717) is 0 Å². The van der Waals surface area contributed by atoms with Crippen molar-refractivity contribution >= 4 is 0 Å². The molecule has 1 aliphatic rings. The summed E-state index contributed by atoms with van der Waals surface area (Å²) in [7, 11) is 3.79. The molecule has 1 atom stereocenters. The molecule has 2 rings (SSSR count). The predicted octanol–water partition coefficient (Wildman–Crippen LogP) is 2.57. The van der Waals surface area contributed by atoms with E-state index in [-0.39, 0.29) is 0 Å². The maximum Gasteiger partial charge on any atom is 0.123 e. The fourth-order valence-electron chi connectivity index (χ4n) is 2.75. The van der Waals surface area contributed by atoms with E-state index >= 15 is 0 Å². The van der Waals surface area contributed by atoms with Crippen LogP contribution in [-0.2, 0) is 5.41 Å². The van der Waals surface area contributed by atoms with Crippen LogP contribution in [0.3, 0.4) is 0 Å². The standard InChI is InChI=1S/C15H20N2O/c1-17-10-5-8-15(12-16,9-11-17)13-6-3-4-7-14(13)18-2/h3-4,6-7H,5,8-11H2,1-2H3. The highest BCUT2D eigenvalue weighted by molar-refractivity contribution is 5.44. The Morgan fingerprint density at radius 2 is 2.06 bits per heavy atom. The molecule has 0 N–H and O–H groups in total. The summed E-state index contributed by atoms with van der Waals surface area (Å²) < 4.78 is 5.43. The first-order valence-corrected chi connectivity index (χ1v) is 6.45. The minimum absolute atomic E-state index is 0.392. The topological polar surface area (TPSA) is 36.3 Å². The molecule has 1 fully saturated rings. The van der Waals surface area contributed by atoms with E-state index in [2.05, 4.69) is 18.0 Å². The number of para-hydroxylation sites is 1. The molecule has 1 aromatic rings. The van der Waals surface area contributed by atoms with Crippen LogP contribution in [0, 0.1) is 11.3 Å². The molecular formula is C15H20N2O. The average Bonchev–Trinajstić information content (AvgIpc) is 2.61. The van der Waals surface area contributed by atoms with E-state index in [9.17, 15) is 5.26 Å². The second-order valence-electron chi connectivity index (χ2n) is 5.05. The Kier molecular flexibility index (Phi) is 3.88. The van der Waals surface area contributed by atoms with Crippen molar-refractivity contribution in [2.45, 2.75) is 24.7 Å². The normalized spacial score (nSPS) is 25.2. The molecule has 0 spiro atoms. The van der Waals surface area contributed by atoms with E-state index < -0.39 is 5.41 Å². The molecule has 0 amide bonds. The van der Waals surface area contributed by atoms with Crippen molar-refractivity contribution in [2.75, 3.05) is 27.2 Å². The van der Waals surface area contributed by atoms with Gasteiger partial charge in [-0.15, -0.1) is 0 Å². The molecule has 0 radical (unpaired) electrons. The zero-order valence-electron chi connectivity index (χ0n) is 11.1. The maximum absolute atomic E-state index is 9.70. The lowest BCUT2D eigenvalue weighted by atomic mass is 9.75. The minimum Gasteiger partial charge on any atom is -0.496 e. The smallest absolute Gasteiger partial charge is 0.123 e. The summed E-state index contributed by atoms with van der Waals surface area (Å²) in [6, 6.07) is 10.5. The van der Waals surface area contributed by atoms with Gasteiger partial charge in [-0.1, -0.05) is 18.2 Å². The number of nitrogens with zero attached hydrogens (tertiary/aromatic N) is 2. The molecule has 1 aliphatic heterocycles. The summed E-state index contributed by atoms with van der Waals surface area (Å²) in [5.74, 6) is 0.837. The third-order valence-electron chi connectivity index (χ3n) is 3.90. The molecule has 1 saturated heterocycles. The lowest BCUT2D eigenvalue weighted by molar-refractivity contribution is 0.339. The molecule has 3 heteroatoms. The fraction of sp³-hybridized carbons (Fsp3) is 0.533. The van der Waals surface area contributed by atoms with Gasteiger partial charge in [0.05, 0.1) is 18.6 Å². The Bertz CT molecular complexity index is 452. The van der Waals surface area contributed by atoms with Crippen molar-refractivity contribution < 1.29 is 4.74 Å². The molecule has 3 nitrogen and oxygen atoms in total. The third-order valence-corrected chi connectivity index (χ3v) is 3.90. The van der Waals surface area contributed by atoms with Crippen LogP contribution in [-0.4, -0.2) is 32.1 Å². The number of hydrogen-bond donors (Lipinski definition) is 0. The largest absolute Gasteiger partial charge is 0.496 e. The molecule has 0 aliphatic carbocycles. The van der Waals surface area contributed by atoms with Crippen LogP contribution < -0.4 is 4.74 Å². The number of ether oxygens (including phenoxy) is 1. The summed E-state index contributed by atoms with van der Waals surface area (Å²) >= 11 is 0. The summed E-state index contributed by atoms with van der Waals surface area (Å²) in [4.78, 5) is 2.30. The molecule has 1 aromatic carbocycles. The van der Waals surface area contributed by atoms with Crippen LogP contribution in [0.25, 0.3) is 0 Å². The number of hydrogen-bond acceptors (Lipinski definition) is 3. The quantitative estimate of drug-likeness (QED) is 0.802. The van der Waals surface area contributed by atoms with Crippen molar-refractivity contribution in [1.82, 2.24) is 4.90 Å². The van der Waals surface area contributed by atoms with Crippen molar-refractivity contribution in [3.63, 3.8) is 0 Å². The van der Waals surface area contributed by atoms with Gasteiger partial charge in [0.25, 0.3) is 0 Å². The number of benzene rings is 1. The van der Waals surface area contributed by atoms with E-state index in [1.807, 2.05) is 24.3 Å². The zero-order chi connectivity index (χ0) is 13.0. The SMILES string of the molecule is COc1ccccc1C1(C#N)CCCN(C)CC1. The van der Waals surface area contributed by atoms with Crippen LogP contribution in [0.4, 0.5) is 0 Å². The zero-order valence-corrected chi connectivity index (χ0v) is 11.1. The highest BCUT2D eigenvalue weighted by Gasteiger charge is 2.36. The second kappa shape index (κ2) is 5.41. The van der Waals surface area contributed by atoms with E-state index in [1.54, 1.807) is 7.11 Å². The Morgan fingerprint density at radius 3 is 2.78 bits per heavy atom. The molecule has 1 heterocycles. The Balaban J connectivity index is 2.40. The predicted molar refractivity (Wildman–Crippen MR) is 71.6 cm³/mol.